The smallest absolute Gasteiger partial charge is 0.0498 e. The summed E-state index contributed by atoms with van der Waals surface area (Å²) in [5, 5.41) is 0. The molecule has 0 unspecified atom stereocenters. The van der Waals surface area contributed by atoms with Gasteiger partial charge in [0.1, 0.15) is 0 Å². The first-order chi connectivity index (χ1) is 8.31. The monoisotopic (exact) mass is 222 g/mol. The third-order valence-corrected chi connectivity index (χ3v) is 2.12. The second-order valence-electron chi connectivity index (χ2n) is 3.22. The molecule has 0 saturated heterocycles. The summed E-state index contributed by atoms with van der Waals surface area (Å²) in [4.78, 5) is 7.87. The molecule has 0 amide bonds. The van der Waals surface area contributed by atoms with Gasteiger partial charge >= 0.3 is 0 Å². The normalized spacial score (nSPS) is 11.9. The molecule has 0 spiro atoms. The van der Waals surface area contributed by atoms with Gasteiger partial charge in [0.15, 0.2) is 0 Å². The maximum absolute atomic E-state index is 5.39. The van der Waals surface area contributed by atoms with E-state index in [2.05, 4.69) is 22.5 Å². The van der Waals surface area contributed by atoms with E-state index in [4.69, 9.17) is 6.42 Å². The number of aromatic nitrogens is 1. The molecule has 0 aliphatic carbocycles. The number of aliphatic imine (C=N–C) groups is 1. The molecule has 0 fully saturated rings. The van der Waals surface area contributed by atoms with E-state index in [9.17, 15) is 0 Å². The molecule has 0 aliphatic heterocycles. The predicted molar refractivity (Wildman–Crippen MR) is 73.9 cm³/mol. The summed E-state index contributed by atoms with van der Waals surface area (Å²) < 4.78 is 0. The van der Waals surface area contributed by atoms with Crippen LogP contribution in [0.1, 0.15) is 11.1 Å². The van der Waals surface area contributed by atoms with Crippen LogP contribution in [0.5, 0.6) is 0 Å². The molecule has 1 heterocycles. The average molecular weight is 222 g/mol. The van der Waals surface area contributed by atoms with Crippen LogP contribution in [0.2, 0.25) is 0 Å². The molecular formula is C15H14N2. The van der Waals surface area contributed by atoms with Crippen LogP contribution in [-0.4, -0.2) is 18.2 Å². The SMILES string of the molecule is C#Cc1cnccc1/C=C/C(C=C)=C/C=NC. The van der Waals surface area contributed by atoms with Crippen LogP contribution in [0, 0.1) is 12.3 Å². The van der Waals surface area contributed by atoms with Gasteiger partial charge in [0.2, 0.25) is 0 Å². The fraction of sp³-hybridized carbons (Fsp3) is 0.0667. The number of terminal acetylenes is 1. The van der Waals surface area contributed by atoms with Crippen molar-refractivity contribution >= 4 is 12.3 Å². The van der Waals surface area contributed by atoms with Gasteiger partial charge in [-0.1, -0.05) is 30.7 Å². The Kier molecular flexibility index (Phi) is 5.19. The van der Waals surface area contributed by atoms with E-state index < -0.39 is 0 Å². The van der Waals surface area contributed by atoms with Crippen molar-refractivity contribution in [2.24, 2.45) is 4.99 Å². The summed E-state index contributed by atoms with van der Waals surface area (Å²) in [5.74, 6) is 2.60. The van der Waals surface area contributed by atoms with E-state index in [-0.39, 0.29) is 0 Å². The number of hydrogen-bond acceptors (Lipinski definition) is 2. The van der Waals surface area contributed by atoms with Crippen molar-refractivity contribution in [3.05, 3.63) is 60.0 Å². The van der Waals surface area contributed by atoms with Crippen LogP contribution in [0.15, 0.2) is 53.8 Å². The van der Waals surface area contributed by atoms with E-state index in [0.29, 0.717) is 0 Å². The number of nitrogens with zero attached hydrogens (tertiary/aromatic N) is 2. The van der Waals surface area contributed by atoms with E-state index in [1.54, 1.807) is 31.7 Å². The Balaban J connectivity index is 2.97. The molecule has 1 aromatic heterocycles. The van der Waals surface area contributed by atoms with Gasteiger partial charge in [-0.05, 0) is 23.3 Å². The van der Waals surface area contributed by atoms with Gasteiger partial charge in [-0.25, -0.2) is 0 Å². The Morgan fingerprint density at radius 3 is 3.06 bits per heavy atom. The fourth-order valence-corrected chi connectivity index (χ4v) is 1.21. The summed E-state index contributed by atoms with van der Waals surface area (Å²) in [6, 6.07) is 1.88. The fourth-order valence-electron chi connectivity index (χ4n) is 1.21. The molecule has 0 aromatic carbocycles. The highest BCUT2D eigenvalue weighted by molar-refractivity contribution is 5.75. The highest BCUT2D eigenvalue weighted by Gasteiger charge is 1.94. The Morgan fingerprint density at radius 2 is 2.41 bits per heavy atom. The van der Waals surface area contributed by atoms with E-state index >= 15 is 0 Å². The van der Waals surface area contributed by atoms with Crippen LogP contribution < -0.4 is 0 Å². The molecule has 84 valence electrons. The highest BCUT2D eigenvalue weighted by atomic mass is 14.6. The first-order valence-corrected chi connectivity index (χ1v) is 5.15. The summed E-state index contributed by atoms with van der Waals surface area (Å²) in [6.07, 6.45) is 18.0. The zero-order chi connectivity index (χ0) is 12.5. The van der Waals surface area contributed by atoms with Crippen molar-refractivity contribution in [3.63, 3.8) is 0 Å². The number of rotatable bonds is 4. The molecule has 1 aromatic rings. The van der Waals surface area contributed by atoms with Crippen LogP contribution in [0.25, 0.3) is 6.08 Å². The predicted octanol–water partition coefficient (Wildman–Crippen LogP) is 2.89. The van der Waals surface area contributed by atoms with Gasteiger partial charge in [0, 0.05) is 31.2 Å². The van der Waals surface area contributed by atoms with E-state index in [1.807, 2.05) is 24.3 Å². The standard InChI is InChI=1S/C15H14N2/c1-4-13(8-10-16-3)6-7-15-9-11-17-12-14(15)5-2/h2,4,6-12H,1H2,3H3/b7-6+,13-8+,16-10?. The first-order valence-electron chi connectivity index (χ1n) is 5.15. The van der Waals surface area contributed by atoms with Crippen molar-refractivity contribution in [2.45, 2.75) is 0 Å². The Bertz CT molecular complexity index is 514. The largest absolute Gasteiger partial charge is 0.296 e. The van der Waals surface area contributed by atoms with Crippen molar-refractivity contribution in [3.8, 4) is 12.3 Å². The lowest BCUT2D eigenvalue weighted by atomic mass is 10.1. The lowest BCUT2D eigenvalue weighted by Gasteiger charge is -1.97. The third kappa shape index (κ3) is 3.92. The summed E-state index contributed by atoms with van der Waals surface area (Å²) >= 11 is 0. The van der Waals surface area contributed by atoms with Crippen molar-refractivity contribution in [1.82, 2.24) is 4.98 Å². The maximum atomic E-state index is 5.39. The van der Waals surface area contributed by atoms with Crippen LogP contribution in [-0.2, 0) is 0 Å². The Hall–Kier alpha value is -2.40. The van der Waals surface area contributed by atoms with E-state index in [0.717, 1.165) is 16.7 Å². The van der Waals surface area contributed by atoms with E-state index in [1.165, 1.54) is 0 Å². The zero-order valence-electron chi connectivity index (χ0n) is 9.80. The number of pyridine rings is 1. The zero-order valence-corrected chi connectivity index (χ0v) is 9.80. The van der Waals surface area contributed by atoms with Crippen molar-refractivity contribution < 1.29 is 0 Å². The second-order valence-corrected chi connectivity index (χ2v) is 3.22. The first kappa shape index (κ1) is 12.7. The molecule has 0 N–H and O–H groups in total. The minimum Gasteiger partial charge on any atom is -0.296 e. The highest BCUT2D eigenvalue weighted by Crippen LogP contribution is 2.09. The Morgan fingerprint density at radius 1 is 1.59 bits per heavy atom. The number of allylic oxidation sites excluding steroid dienone is 4. The quantitative estimate of drug-likeness (QED) is 0.437. The summed E-state index contributed by atoms with van der Waals surface area (Å²) in [5.41, 5.74) is 2.70. The number of hydrogen-bond donors (Lipinski definition) is 0. The minimum atomic E-state index is 0.774. The lowest BCUT2D eigenvalue weighted by Crippen LogP contribution is -1.83. The summed E-state index contributed by atoms with van der Waals surface area (Å²) in [6.45, 7) is 3.73. The molecule has 0 radical (unpaired) electrons. The van der Waals surface area contributed by atoms with Gasteiger partial charge in [-0.2, -0.15) is 0 Å². The molecule has 0 bridgehead atoms. The third-order valence-electron chi connectivity index (χ3n) is 2.12. The minimum absolute atomic E-state index is 0.774. The molecular weight excluding hydrogens is 208 g/mol. The molecule has 0 aliphatic rings. The van der Waals surface area contributed by atoms with Gasteiger partial charge in [-0.15, -0.1) is 6.42 Å². The van der Waals surface area contributed by atoms with Crippen LogP contribution >= 0.6 is 0 Å². The topological polar surface area (TPSA) is 25.2 Å². The van der Waals surface area contributed by atoms with Crippen molar-refractivity contribution in [2.75, 3.05) is 7.05 Å². The van der Waals surface area contributed by atoms with Crippen LogP contribution in [0.4, 0.5) is 0 Å². The molecule has 17 heavy (non-hydrogen) atoms. The molecule has 0 atom stereocenters. The molecule has 2 heteroatoms. The van der Waals surface area contributed by atoms with Crippen molar-refractivity contribution in [1.29, 1.82) is 0 Å². The van der Waals surface area contributed by atoms with Gasteiger partial charge < -0.3 is 0 Å². The molecule has 1 rings (SSSR count). The van der Waals surface area contributed by atoms with Gasteiger partial charge in [-0.3, -0.25) is 9.98 Å². The second kappa shape index (κ2) is 6.97. The van der Waals surface area contributed by atoms with Crippen LogP contribution in [0.3, 0.4) is 0 Å². The molecule has 0 saturated carbocycles. The Labute approximate surface area is 102 Å². The summed E-state index contributed by atoms with van der Waals surface area (Å²) in [7, 11) is 1.72. The van der Waals surface area contributed by atoms with Gasteiger partial charge in [0.05, 0.1) is 0 Å². The average Bonchev–Trinajstić information content (AvgIpc) is 2.39. The maximum Gasteiger partial charge on any atom is 0.0498 e. The van der Waals surface area contributed by atoms with Gasteiger partial charge in [0.25, 0.3) is 0 Å². The molecule has 2 nitrogen and oxygen atoms in total. The lowest BCUT2D eigenvalue weighted by molar-refractivity contribution is 1.30.